The Morgan fingerprint density at radius 1 is 1.18 bits per heavy atom. The number of rotatable bonds is 5. The van der Waals surface area contributed by atoms with Gasteiger partial charge in [-0.25, -0.2) is 4.39 Å². The predicted molar refractivity (Wildman–Crippen MR) is 58.2 cm³/mol. The summed E-state index contributed by atoms with van der Waals surface area (Å²) in [4.78, 5) is 0. The average Bonchev–Trinajstić information content (AvgIpc) is 2.25. The van der Waals surface area contributed by atoms with E-state index in [1.54, 1.807) is 19.2 Å². The summed E-state index contributed by atoms with van der Waals surface area (Å²) in [6.07, 6.45) is -4.44. The monoisotopic (exact) mass is 249 g/mol. The van der Waals surface area contributed by atoms with Crippen LogP contribution < -0.4 is 5.32 Å². The van der Waals surface area contributed by atoms with Crippen molar-refractivity contribution in [2.75, 3.05) is 7.05 Å². The minimum atomic E-state index is -4.13. The zero-order valence-corrected chi connectivity index (χ0v) is 9.52. The second-order valence-electron chi connectivity index (χ2n) is 3.97. The van der Waals surface area contributed by atoms with Gasteiger partial charge in [-0.15, -0.1) is 0 Å². The van der Waals surface area contributed by atoms with E-state index in [4.69, 9.17) is 0 Å². The summed E-state index contributed by atoms with van der Waals surface area (Å²) >= 11 is 0. The lowest BCUT2D eigenvalue weighted by atomic mass is 10.0. The summed E-state index contributed by atoms with van der Waals surface area (Å²) in [6, 6.07) is 5.56. The van der Waals surface area contributed by atoms with Gasteiger partial charge in [0, 0.05) is 12.5 Å². The maximum Gasteiger partial charge on any atom is 0.389 e. The average molecular weight is 249 g/mol. The van der Waals surface area contributed by atoms with Gasteiger partial charge in [-0.2, -0.15) is 13.2 Å². The molecule has 0 spiro atoms. The van der Waals surface area contributed by atoms with Crippen molar-refractivity contribution in [2.45, 2.75) is 31.5 Å². The van der Waals surface area contributed by atoms with Crippen LogP contribution in [0.3, 0.4) is 0 Å². The predicted octanol–water partition coefficient (Wildman–Crippen LogP) is 3.30. The first-order valence-corrected chi connectivity index (χ1v) is 5.39. The molecule has 1 N–H and O–H groups in total. The molecule has 96 valence electrons. The lowest BCUT2D eigenvalue weighted by Crippen LogP contribution is -2.29. The van der Waals surface area contributed by atoms with Crippen LogP contribution >= 0.6 is 0 Å². The molecule has 1 aromatic carbocycles. The van der Waals surface area contributed by atoms with Crippen LogP contribution in [0.4, 0.5) is 17.6 Å². The second-order valence-corrected chi connectivity index (χ2v) is 3.97. The Morgan fingerprint density at radius 3 is 2.24 bits per heavy atom. The van der Waals surface area contributed by atoms with E-state index >= 15 is 0 Å². The van der Waals surface area contributed by atoms with E-state index in [0.717, 1.165) is 5.56 Å². The number of hydrogen-bond acceptors (Lipinski definition) is 1. The fourth-order valence-electron chi connectivity index (χ4n) is 1.59. The first-order valence-electron chi connectivity index (χ1n) is 5.39. The van der Waals surface area contributed by atoms with Gasteiger partial charge in [0.2, 0.25) is 0 Å². The van der Waals surface area contributed by atoms with Crippen molar-refractivity contribution in [1.82, 2.24) is 5.32 Å². The fourth-order valence-corrected chi connectivity index (χ4v) is 1.59. The molecule has 0 aliphatic carbocycles. The molecular weight excluding hydrogens is 234 g/mol. The summed E-state index contributed by atoms with van der Waals surface area (Å²) in [7, 11) is 1.63. The minimum Gasteiger partial charge on any atom is -0.317 e. The summed E-state index contributed by atoms with van der Waals surface area (Å²) in [5.41, 5.74) is 0.827. The van der Waals surface area contributed by atoms with Crippen molar-refractivity contribution in [2.24, 2.45) is 0 Å². The van der Waals surface area contributed by atoms with Crippen molar-refractivity contribution in [3.63, 3.8) is 0 Å². The summed E-state index contributed by atoms with van der Waals surface area (Å²) < 4.78 is 48.8. The zero-order chi connectivity index (χ0) is 12.9. The molecule has 0 amide bonds. The molecule has 0 heterocycles. The van der Waals surface area contributed by atoms with Crippen molar-refractivity contribution in [1.29, 1.82) is 0 Å². The van der Waals surface area contributed by atoms with Crippen LogP contribution in [0.2, 0.25) is 0 Å². The molecule has 1 aromatic rings. The SMILES string of the molecule is CNC(CCC(F)(F)F)Cc1ccc(F)cc1. The molecule has 1 rings (SSSR count). The van der Waals surface area contributed by atoms with Crippen LogP contribution in [0.5, 0.6) is 0 Å². The van der Waals surface area contributed by atoms with Gasteiger partial charge in [0.15, 0.2) is 0 Å². The van der Waals surface area contributed by atoms with E-state index in [9.17, 15) is 17.6 Å². The van der Waals surface area contributed by atoms with Crippen LogP contribution in [0.25, 0.3) is 0 Å². The van der Waals surface area contributed by atoms with Crippen LogP contribution in [-0.2, 0) is 6.42 Å². The largest absolute Gasteiger partial charge is 0.389 e. The number of hydrogen-bond donors (Lipinski definition) is 1. The Bertz CT molecular complexity index is 331. The number of likely N-dealkylation sites (N-methyl/N-ethyl adjacent to an activating group) is 1. The van der Waals surface area contributed by atoms with Crippen molar-refractivity contribution in [3.05, 3.63) is 35.6 Å². The number of nitrogens with one attached hydrogen (secondary N) is 1. The molecule has 0 saturated carbocycles. The van der Waals surface area contributed by atoms with Crippen LogP contribution in [-0.4, -0.2) is 19.3 Å². The highest BCUT2D eigenvalue weighted by molar-refractivity contribution is 5.17. The second kappa shape index (κ2) is 6.00. The zero-order valence-electron chi connectivity index (χ0n) is 9.52. The summed E-state index contributed by atoms with van der Waals surface area (Å²) in [5, 5.41) is 2.84. The van der Waals surface area contributed by atoms with Gasteiger partial charge in [-0.1, -0.05) is 12.1 Å². The van der Waals surface area contributed by atoms with Crippen LogP contribution in [0.1, 0.15) is 18.4 Å². The Hall–Kier alpha value is -1.10. The van der Waals surface area contributed by atoms with E-state index in [1.807, 2.05) is 0 Å². The van der Waals surface area contributed by atoms with Gasteiger partial charge in [-0.3, -0.25) is 0 Å². The van der Waals surface area contributed by atoms with Crippen LogP contribution in [0, 0.1) is 5.82 Å². The quantitative estimate of drug-likeness (QED) is 0.789. The lowest BCUT2D eigenvalue weighted by molar-refractivity contribution is -0.136. The molecule has 1 nitrogen and oxygen atoms in total. The topological polar surface area (TPSA) is 12.0 Å². The standard InChI is InChI=1S/C12H15F4N/c1-17-11(6-7-12(14,15)16)8-9-2-4-10(13)5-3-9/h2-5,11,17H,6-8H2,1H3. The highest BCUT2D eigenvalue weighted by atomic mass is 19.4. The van der Waals surface area contributed by atoms with Crippen molar-refractivity contribution < 1.29 is 17.6 Å². The molecule has 0 aliphatic heterocycles. The summed E-state index contributed by atoms with van der Waals surface area (Å²) in [6.45, 7) is 0. The molecule has 1 unspecified atom stereocenters. The van der Waals surface area contributed by atoms with Crippen LogP contribution in [0.15, 0.2) is 24.3 Å². The molecule has 0 fully saturated rings. The van der Waals surface area contributed by atoms with Crippen molar-refractivity contribution in [3.8, 4) is 0 Å². The summed E-state index contributed by atoms with van der Waals surface area (Å²) in [5.74, 6) is -0.343. The number of halogens is 4. The first kappa shape index (κ1) is 14.0. The van der Waals surface area contributed by atoms with Gasteiger partial charge in [0.1, 0.15) is 5.82 Å². The Morgan fingerprint density at radius 2 is 1.76 bits per heavy atom. The molecule has 0 aromatic heterocycles. The third-order valence-electron chi connectivity index (χ3n) is 2.58. The van der Waals surface area contributed by atoms with Crippen molar-refractivity contribution >= 4 is 0 Å². The maximum absolute atomic E-state index is 12.6. The smallest absolute Gasteiger partial charge is 0.317 e. The Labute approximate surface area is 97.8 Å². The minimum absolute atomic E-state index is 0.0252. The highest BCUT2D eigenvalue weighted by Gasteiger charge is 2.27. The van der Waals surface area contributed by atoms with Gasteiger partial charge >= 0.3 is 6.18 Å². The third kappa shape index (κ3) is 5.68. The van der Waals surface area contributed by atoms with Gasteiger partial charge in [0.05, 0.1) is 0 Å². The van der Waals surface area contributed by atoms with Gasteiger partial charge in [0.25, 0.3) is 0 Å². The van der Waals surface area contributed by atoms with E-state index in [2.05, 4.69) is 5.32 Å². The maximum atomic E-state index is 12.6. The van der Waals surface area contributed by atoms with E-state index in [1.165, 1.54) is 12.1 Å². The Balaban J connectivity index is 2.49. The Kier molecular flexibility index (Phi) is 4.93. The van der Waals surface area contributed by atoms with E-state index in [-0.39, 0.29) is 18.3 Å². The molecule has 17 heavy (non-hydrogen) atoms. The normalized spacial score (nSPS) is 13.7. The number of benzene rings is 1. The first-order chi connectivity index (χ1) is 7.90. The molecule has 0 radical (unpaired) electrons. The number of alkyl halides is 3. The molecular formula is C12H15F4N. The van der Waals surface area contributed by atoms with Gasteiger partial charge < -0.3 is 5.32 Å². The third-order valence-corrected chi connectivity index (χ3v) is 2.58. The fraction of sp³-hybridized carbons (Fsp3) is 0.500. The molecule has 0 aliphatic rings. The highest BCUT2D eigenvalue weighted by Crippen LogP contribution is 2.23. The molecule has 0 saturated heterocycles. The van der Waals surface area contributed by atoms with Gasteiger partial charge in [-0.05, 0) is 37.6 Å². The molecule has 0 bridgehead atoms. The van der Waals surface area contributed by atoms with E-state index < -0.39 is 12.6 Å². The lowest BCUT2D eigenvalue weighted by Gasteiger charge is -2.17. The van der Waals surface area contributed by atoms with E-state index in [0.29, 0.717) is 6.42 Å². The molecule has 5 heteroatoms. The molecule has 1 atom stereocenters.